The molecule has 0 unspecified atom stereocenters. The molecule has 1 heterocycles. The molecular weight excluding hydrogens is 310 g/mol. The van der Waals surface area contributed by atoms with Gasteiger partial charge in [-0.3, -0.25) is 14.4 Å². The van der Waals surface area contributed by atoms with Crippen molar-refractivity contribution in [3.05, 3.63) is 24.0 Å². The van der Waals surface area contributed by atoms with Crippen LogP contribution >= 0.6 is 0 Å². The Balaban J connectivity index is 2.40. The highest BCUT2D eigenvalue weighted by atomic mass is 16.6. The molecule has 0 spiro atoms. The van der Waals surface area contributed by atoms with Crippen molar-refractivity contribution >= 4 is 17.7 Å². The Hall–Kier alpha value is -2.11. The zero-order valence-electron chi connectivity index (χ0n) is 14.3. The van der Waals surface area contributed by atoms with Gasteiger partial charge in [-0.15, -0.1) is 0 Å². The fourth-order valence-electron chi connectivity index (χ4n) is 3.47. The predicted molar refractivity (Wildman–Crippen MR) is 87.3 cm³/mol. The molecule has 2 rings (SSSR count). The first-order valence-electron chi connectivity index (χ1n) is 8.58. The number of H-pyrrole nitrogens is 1. The summed E-state index contributed by atoms with van der Waals surface area (Å²) in [5, 5.41) is 0. The Morgan fingerprint density at radius 2 is 1.67 bits per heavy atom. The summed E-state index contributed by atoms with van der Waals surface area (Å²) >= 11 is 0. The van der Waals surface area contributed by atoms with Crippen LogP contribution in [0.3, 0.4) is 0 Å². The van der Waals surface area contributed by atoms with Crippen LogP contribution in [-0.2, 0) is 29.3 Å². The van der Waals surface area contributed by atoms with E-state index in [1.54, 1.807) is 20.0 Å². The molecule has 1 aliphatic rings. The summed E-state index contributed by atoms with van der Waals surface area (Å²) < 4.78 is 9.95. The first-order valence-corrected chi connectivity index (χ1v) is 8.58. The van der Waals surface area contributed by atoms with Gasteiger partial charge in [0.1, 0.15) is 0 Å². The molecule has 0 aliphatic heterocycles. The molecule has 0 aromatic carbocycles. The van der Waals surface area contributed by atoms with Crippen molar-refractivity contribution < 1.29 is 23.9 Å². The van der Waals surface area contributed by atoms with Gasteiger partial charge in [0.25, 0.3) is 0 Å². The summed E-state index contributed by atoms with van der Waals surface area (Å²) in [5.41, 5.74) is -0.0999. The van der Waals surface area contributed by atoms with Crippen molar-refractivity contribution in [1.82, 2.24) is 4.98 Å². The van der Waals surface area contributed by atoms with Crippen molar-refractivity contribution in [1.29, 1.82) is 0 Å². The van der Waals surface area contributed by atoms with Gasteiger partial charge < -0.3 is 14.5 Å². The third-order valence-electron chi connectivity index (χ3n) is 4.60. The van der Waals surface area contributed by atoms with Gasteiger partial charge in [0, 0.05) is 11.9 Å². The SMILES string of the molecule is CCOC(=O)C(C(=O)OCC)C(=O)C1(c2ccc[nH]2)CCCCC1. The van der Waals surface area contributed by atoms with E-state index >= 15 is 0 Å². The maximum atomic E-state index is 13.3. The molecule has 0 bridgehead atoms. The zero-order valence-corrected chi connectivity index (χ0v) is 14.3. The van der Waals surface area contributed by atoms with Crippen molar-refractivity contribution in [2.24, 2.45) is 5.92 Å². The summed E-state index contributed by atoms with van der Waals surface area (Å²) in [6.07, 6.45) is 5.78. The smallest absolute Gasteiger partial charge is 0.328 e. The van der Waals surface area contributed by atoms with Gasteiger partial charge in [0.15, 0.2) is 5.78 Å². The van der Waals surface area contributed by atoms with E-state index in [2.05, 4.69) is 4.98 Å². The number of ether oxygens (including phenoxy) is 2. The molecule has 1 fully saturated rings. The third-order valence-corrected chi connectivity index (χ3v) is 4.60. The molecule has 1 aromatic heterocycles. The number of ketones is 1. The summed E-state index contributed by atoms with van der Waals surface area (Å²) in [6.45, 7) is 3.51. The molecule has 0 amide bonds. The first-order chi connectivity index (χ1) is 11.6. The summed E-state index contributed by atoms with van der Waals surface area (Å²) in [7, 11) is 0. The van der Waals surface area contributed by atoms with Crippen LogP contribution in [0.1, 0.15) is 51.6 Å². The standard InChI is InChI=1S/C18H25NO5/c1-3-23-16(21)14(17(22)24-4-2)15(20)18(10-6-5-7-11-18)13-9-8-12-19-13/h8-9,12,14,19H,3-7,10-11H2,1-2H3. The second kappa shape index (κ2) is 8.13. The van der Waals surface area contributed by atoms with Crippen LogP contribution in [0.25, 0.3) is 0 Å². The van der Waals surface area contributed by atoms with E-state index in [0.29, 0.717) is 12.8 Å². The fourth-order valence-corrected chi connectivity index (χ4v) is 3.47. The Labute approximate surface area is 141 Å². The van der Waals surface area contributed by atoms with Crippen LogP contribution in [0.4, 0.5) is 0 Å². The van der Waals surface area contributed by atoms with E-state index in [0.717, 1.165) is 25.0 Å². The van der Waals surface area contributed by atoms with E-state index in [4.69, 9.17) is 9.47 Å². The lowest BCUT2D eigenvalue weighted by atomic mass is 9.66. The number of hydrogen-bond acceptors (Lipinski definition) is 5. The van der Waals surface area contributed by atoms with Crippen molar-refractivity contribution in [2.45, 2.75) is 51.4 Å². The second-order valence-electron chi connectivity index (χ2n) is 6.03. The highest BCUT2D eigenvalue weighted by Gasteiger charge is 2.50. The number of esters is 2. The molecule has 132 valence electrons. The number of aromatic nitrogens is 1. The van der Waals surface area contributed by atoms with E-state index in [1.807, 2.05) is 12.1 Å². The van der Waals surface area contributed by atoms with Crippen molar-refractivity contribution in [3.8, 4) is 0 Å². The Morgan fingerprint density at radius 1 is 1.08 bits per heavy atom. The molecule has 0 saturated heterocycles. The van der Waals surface area contributed by atoms with Crippen LogP contribution in [0.15, 0.2) is 18.3 Å². The van der Waals surface area contributed by atoms with Crippen LogP contribution in [-0.4, -0.2) is 35.9 Å². The highest BCUT2D eigenvalue weighted by molar-refractivity contribution is 6.18. The lowest BCUT2D eigenvalue weighted by Gasteiger charge is -2.36. The van der Waals surface area contributed by atoms with E-state index < -0.39 is 29.1 Å². The molecule has 1 aromatic rings. The second-order valence-corrected chi connectivity index (χ2v) is 6.03. The lowest BCUT2D eigenvalue weighted by Crippen LogP contribution is -2.48. The monoisotopic (exact) mass is 335 g/mol. The molecule has 6 nitrogen and oxygen atoms in total. The van der Waals surface area contributed by atoms with Crippen LogP contribution < -0.4 is 0 Å². The topological polar surface area (TPSA) is 85.5 Å². The molecule has 1 aliphatic carbocycles. The van der Waals surface area contributed by atoms with Gasteiger partial charge in [-0.05, 0) is 38.8 Å². The number of rotatable bonds is 7. The number of carbonyl (C=O) groups excluding carboxylic acids is 3. The molecule has 0 atom stereocenters. The predicted octanol–water partition coefficient (Wildman–Crippen LogP) is 2.53. The minimum absolute atomic E-state index is 0.109. The number of carbonyl (C=O) groups is 3. The molecule has 0 radical (unpaired) electrons. The van der Waals surface area contributed by atoms with Crippen molar-refractivity contribution in [2.75, 3.05) is 13.2 Å². The average molecular weight is 335 g/mol. The van der Waals surface area contributed by atoms with Gasteiger partial charge in [-0.25, -0.2) is 0 Å². The third kappa shape index (κ3) is 3.52. The highest BCUT2D eigenvalue weighted by Crippen LogP contribution is 2.41. The van der Waals surface area contributed by atoms with Gasteiger partial charge in [0.05, 0.1) is 18.6 Å². The number of Topliss-reactive ketones (excluding diaryl/α,β-unsaturated/α-hetero) is 1. The van der Waals surface area contributed by atoms with Crippen LogP contribution in [0.5, 0.6) is 0 Å². The summed E-state index contributed by atoms with van der Waals surface area (Å²) in [5.74, 6) is -3.58. The van der Waals surface area contributed by atoms with E-state index in [9.17, 15) is 14.4 Å². The lowest BCUT2D eigenvalue weighted by molar-refractivity contribution is -0.165. The number of aromatic amines is 1. The molecule has 1 saturated carbocycles. The van der Waals surface area contributed by atoms with Gasteiger partial charge >= 0.3 is 11.9 Å². The zero-order chi connectivity index (χ0) is 17.6. The minimum atomic E-state index is -1.52. The fraction of sp³-hybridized carbons (Fsp3) is 0.611. The largest absolute Gasteiger partial charge is 0.465 e. The Kier molecular flexibility index (Phi) is 6.17. The molecule has 24 heavy (non-hydrogen) atoms. The summed E-state index contributed by atoms with van der Waals surface area (Å²) in [4.78, 5) is 41.0. The van der Waals surface area contributed by atoms with Gasteiger partial charge in [-0.2, -0.15) is 0 Å². The quantitative estimate of drug-likeness (QED) is 0.611. The van der Waals surface area contributed by atoms with Crippen LogP contribution in [0, 0.1) is 5.92 Å². The first kappa shape index (κ1) is 18.2. The number of hydrogen-bond donors (Lipinski definition) is 1. The van der Waals surface area contributed by atoms with Gasteiger partial charge in [-0.1, -0.05) is 19.3 Å². The van der Waals surface area contributed by atoms with Crippen molar-refractivity contribution in [3.63, 3.8) is 0 Å². The average Bonchev–Trinajstić information content (AvgIpc) is 3.11. The normalized spacial score (nSPS) is 16.6. The maximum absolute atomic E-state index is 13.3. The van der Waals surface area contributed by atoms with Gasteiger partial charge in [0.2, 0.25) is 5.92 Å². The molecule has 6 heteroatoms. The number of nitrogens with one attached hydrogen (secondary N) is 1. The van der Waals surface area contributed by atoms with E-state index in [-0.39, 0.29) is 13.2 Å². The molecular formula is C18H25NO5. The Bertz CT molecular complexity index is 554. The molecule has 1 N–H and O–H groups in total. The summed E-state index contributed by atoms with van der Waals surface area (Å²) in [6, 6.07) is 3.67. The minimum Gasteiger partial charge on any atom is -0.465 e. The van der Waals surface area contributed by atoms with Crippen LogP contribution in [0.2, 0.25) is 0 Å². The van der Waals surface area contributed by atoms with E-state index in [1.165, 1.54) is 0 Å². The maximum Gasteiger partial charge on any atom is 0.328 e. The Morgan fingerprint density at radius 3 is 2.12 bits per heavy atom.